The minimum Gasteiger partial charge on any atom is -0.435 e. The lowest BCUT2D eigenvalue weighted by molar-refractivity contribution is -0.116. The Morgan fingerprint density at radius 3 is 2.25 bits per heavy atom. The lowest BCUT2D eigenvalue weighted by atomic mass is 10.3. The van der Waals surface area contributed by atoms with Crippen LogP contribution in [0.5, 0.6) is 5.75 Å². The third-order valence-corrected chi connectivity index (χ3v) is 1.68. The Hall–Kier alpha value is -1.40. The zero-order chi connectivity index (χ0) is 11.4. The Morgan fingerprint density at radius 1 is 1.38 bits per heavy atom. The van der Waals surface area contributed by atoms with Crippen molar-refractivity contribution in [1.29, 1.82) is 0 Å². The first-order chi connectivity index (χ1) is 7.00. The van der Waals surface area contributed by atoms with Crippen LogP contribution in [-0.4, -0.2) is 12.5 Å². The van der Waals surface area contributed by atoms with Gasteiger partial charge in [0, 0.05) is 6.92 Å². The molecule has 16 heavy (non-hydrogen) atoms. The van der Waals surface area contributed by atoms with Gasteiger partial charge in [-0.05, 0) is 24.3 Å². The molecule has 0 aromatic heterocycles. The van der Waals surface area contributed by atoms with Crippen molar-refractivity contribution < 1.29 is 18.3 Å². The Bertz CT molecular complexity index is 346. The van der Waals surface area contributed by atoms with Gasteiger partial charge < -0.3 is 4.74 Å². The molecule has 0 radical (unpaired) electrons. The Labute approximate surface area is 97.4 Å². The number of hydrogen-bond donors (Lipinski definition) is 1. The summed E-state index contributed by atoms with van der Waals surface area (Å²) < 4.78 is 27.7. The number of nitrogens with two attached hydrogens (primary N) is 1. The second kappa shape index (κ2) is 6.24. The normalized spacial score (nSPS) is 9.56. The van der Waals surface area contributed by atoms with Crippen LogP contribution in [0.1, 0.15) is 6.92 Å². The van der Waals surface area contributed by atoms with E-state index in [0.717, 1.165) is 5.01 Å². The number of ether oxygens (including phenoxy) is 1. The van der Waals surface area contributed by atoms with Crippen LogP contribution in [0, 0.1) is 0 Å². The van der Waals surface area contributed by atoms with Gasteiger partial charge in [-0.25, -0.2) is 10.9 Å². The topological polar surface area (TPSA) is 55.6 Å². The van der Waals surface area contributed by atoms with Crippen LogP contribution in [0.15, 0.2) is 24.3 Å². The first-order valence-corrected chi connectivity index (χ1v) is 4.11. The number of halogens is 3. The summed E-state index contributed by atoms with van der Waals surface area (Å²) in [5.41, 5.74) is 0.407. The largest absolute Gasteiger partial charge is 0.435 e. The summed E-state index contributed by atoms with van der Waals surface area (Å²) in [7, 11) is 0. The number of carbonyl (C=O) groups excluding carboxylic acids is 1. The van der Waals surface area contributed by atoms with Crippen molar-refractivity contribution in [3.8, 4) is 5.75 Å². The lowest BCUT2D eigenvalue weighted by Crippen LogP contribution is -2.35. The molecule has 4 nitrogen and oxygen atoms in total. The molecule has 0 spiro atoms. The molecule has 1 amide bonds. The number of carbonyl (C=O) groups is 1. The van der Waals surface area contributed by atoms with Crippen molar-refractivity contribution in [2.75, 3.05) is 5.01 Å². The lowest BCUT2D eigenvalue weighted by Gasteiger charge is -2.14. The van der Waals surface area contributed by atoms with Crippen LogP contribution in [0.3, 0.4) is 0 Å². The van der Waals surface area contributed by atoms with Gasteiger partial charge in [0.25, 0.3) is 0 Å². The van der Waals surface area contributed by atoms with E-state index in [1.165, 1.54) is 31.2 Å². The number of hydrogen-bond acceptors (Lipinski definition) is 3. The van der Waals surface area contributed by atoms with Crippen molar-refractivity contribution in [2.24, 2.45) is 5.84 Å². The molecule has 0 heterocycles. The standard InChI is InChI=1S/C9H10F2N2O2.ClH/c1-6(14)13(12)7-2-4-8(5-3-7)15-9(10)11;/h2-5,9H,12H2,1H3;1H. The average molecular weight is 253 g/mol. The number of benzene rings is 1. The van der Waals surface area contributed by atoms with E-state index >= 15 is 0 Å². The molecule has 1 aromatic carbocycles. The second-order valence-electron chi connectivity index (χ2n) is 2.76. The van der Waals surface area contributed by atoms with Gasteiger partial charge >= 0.3 is 6.61 Å². The van der Waals surface area contributed by atoms with Gasteiger partial charge in [0.1, 0.15) is 5.75 Å². The average Bonchev–Trinajstić information content (AvgIpc) is 2.17. The Balaban J connectivity index is 0.00000225. The highest BCUT2D eigenvalue weighted by Gasteiger charge is 2.07. The van der Waals surface area contributed by atoms with Gasteiger partial charge in [0.15, 0.2) is 0 Å². The van der Waals surface area contributed by atoms with E-state index in [-0.39, 0.29) is 24.1 Å². The van der Waals surface area contributed by atoms with Gasteiger partial charge in [-0.2, -0.15) is 8.78 Å². The van der Waals surface area contributed by atoms with Crippen molar-refractivity contribution in [3.63, 3.8) is 0 Å². The van der Waals surface area contributed by atoms with Crippen LogP contribution in [0.25, 0.3) is 0 Å². The Morgan fingerprint density at radius 2 is 1.88 bits per heavy atom. The molecule has 90 valence electrons. The molecule has 0 aliphatic carbocycles. The summed E-state index contributed by atoms with van der Waals surface area (Å²) in [5.74, 6) is 5.05. The second-order valence-corrected chi connectivity index (χ2v) is 2.76. The van der Waals surface area contributed by atoms with E-state index in [9.17, 15) is 13.6 Å². The van der Waals surface area contributed by atoms with Gasteiger partial charge in [-0.1, -0.05) is 0 Å². The molecule has 0 aliphatic rings. The predicted octanol–water partition coefficient (Wildman–Crippen LogP) is 1.94. The maximum atomic E-state index is 11.8. The van der Waals surface area contributed by atoms with Crippen LogP contribution in [-0.2, 0) is 4.79 Å². The van der Waals surface area contributed by atoms with Gasteiger partial charge in [0.05, 0.1) is 5.69 Å². The maximum Gasteiger partial charge on any atom is 0.387 e. The predicted molar refractivity (Wildman–Crippen MR) is 57.7 cm³/mol. The Kier molecular flexibility index (Phi) is 5.69. The zero-order valence-electron chi connectivity index (χ0n) is 8.39. The SMILES string of the molecule is CC(=O)N(N)c1ccc(OC(F)F)cc1.Cl. The summed E-state index contributed by atoms with van der Waals surface area (Å²) >= 11 is 0. The minimum absolute atomic E-state index is 0. The molecule has 2 N–H and O–H groups in total. The number of rotatable bonds is 3. The summed E-state index contributed by atoms with van der Waals surface area (Å²) in [6.07, 6.45) is 0. The highest BCUT2D eigenvalue weighted by atomic mass is 35.5. The van der Waals surface area contributed by atoms with E-state index in [0.29, 0.717) is 5.69 Å². The van der Waals surface area contributed by atoms with Crippen LogP contribution in [0.2, 0.25) is 0 Å². The van der Waals surface area contributed by atoms with Crippen LogP contribution < -0.4 is 15.6 Å². The van der Waals surface area contributed by atoms with Gasteiger partial charge in [-0.15, -0.1) is 12.4 Å². The summed E-state index contributed by atoms with van der Waals surface area (Å²) in [6.45, 7) is -1.57. The maximum absolute atomic E-state index is 11.8. The number of anilines is 1. The molecule has 0 bridgehead atoms. The van der Waals surface area contributed by atoms with E-state index in [2.05, 4.69) is 4.74 Å². The molecule has 7 heteroatoms. The number of amides is 1. The fourth-order valence-electron chi connectivity index (χ4n) is 0.970. The number of nitrogens with zero attached hydrogens (tertiary/aromatic N) is 1. The van der Waals surface area contributed by atoms with E-state index in [1.54, 1.807) is 0 Å². The van der Waals surface area contributed by atoms with E-state index in [1.807, 2.05) is 0 Å². The molecule has 1 rings (SSSR count). The molecule has 0 saturated carbocycles. The fraction of sp³-hybridized carbons (Fsp3) is 0.222. The molecule has 0 unspecified atom stereocenters. The molecular weight excluding hydrogens is 242 g/mol. The molecule has 0 aliphatic heterocycles. The third-order valence-electron chi connectivity index (χ3n) is 1.68. The first kappa shape index (κ1) is 14.6. The van der Waals surface area contributed by atoms with Crippen LogP contribution >= 0.6 is 12.4 Å². The van der Waals surface area contributed by atoms with E-state index < -0.39 is 6.61 Å². The zero-order valence-corrected chi connectivity index (χ0v) is 9.21. The monoisotopic (exact) mass is 252 g/mol. The molecule has 0 atom stereocenters. The molecule has 0 saturated heterocycles. The first-order valence-electron chi connectivity index (χ1n) is 4.11. The number of alkyl halides is 2. The third kappa shape index (κ3) is 4.00. The summed E-state index contributed by atoms with van der Waals surface area (Å²) in [5, 5.41) is 0.909. The molecule has 0 fully saturated rings. The van der Waals surface area contributed by atoms with Crippen molar-refractivity contribution in [1.82, 2.24) is 0 Å². The van der Waals surface area contributed by atoms with E-state index in [4.69, 9.17) is 5.84 Å². The summed E-state index contributed by atoms with van der Waals surface area (Å²) in [6, 6.07) is 5.45. The number of hydrazine groups is 1. The van der Waals surface area contributed by atoms with Crippen molar-refractivity contribution >= 4 is 24.0 Å². The smallest absolute Gasteiger partial charge is 0.387 e. The quantitative estimate of drug-likeness (QED) is 0.508. The van der Waals surface area contributed by atoms with Gasteiger partial charge in [0.2, 0.25) is 5.91 Å². The minimum atomic E-state index is -2.86. The fourth-order valence-corrected chi connectivity index (χ4v) is 0.970. The van der Waals surface area contributed by atoms with Gasteiger partial charge in [-0.3, -0.25) is 4.79 Å². The molecular formula is C9H11ClF2N2O2. The van der Waals surface area contributed by atoms with Crippen LogP contribution in [0.4, 0.5) is 14.5 Å². The van der Waals surface area contributed by atoms with Crippen molar-refractivity contribution in [3.05, 3.63) is 24.3 Å². The highest BCUT2D eigenvalue weighted by molar-refractivity contribution is 5.90. The summed E-state index contributed by atoms with van der Waals surface area (Å²) in [4.78, 5) is 10.9. The molecule has 1 aromatic rings. The highest BCUT2D eigenvalue weighted by Crippen LogP contribution is 2.19. The van der Waals surface area contributed by atoms with Crippen molar-refractivity contribution in [2.45, 2.75) is 13.5 Å².